The molecule has 1 amide bonds. The van der Waals surface area contributed by atoms with E-state index in [9.17, 15) is 4.79 Å². The van der Waals surface area contributed by atoms with Crippen LogP contribution in [0.2, 0.25) is 0 Å². The van der Waals surface area contributed by atoms with Gasteiger partial charge in [0.15, 0.2) is 0 Å². The van der Waals surface area contributed by atoms with Crippen molar-refractivity contribution in [2.45, 2.75) is 25.3 Å². The summed E-state index contributed by atoms with van der Waals surface area (Å²) in [6.45, 7) is 4.11. The molecule has 1 aliphatic heterocycles. The highest BCUT2D eigenvalue weighted by atomic mass is 32.2. The lowest BCUT2D eigenvalue weighted by atomic mass is 10.1. The zero-order chi connectivity index (χ0) is 12.4. The number of amides is 1. The summed E-state index contributed by atoms with van der Waals surface area (Å²) >= 11 is 1.69. The first-order chi connectivity index (χ1) is 8.13. The van der Waals surface area contributed by atoms with Gasteiger partial charge in [0, 0.05) is 6.04 Å². The smallest absolute Gasteiger partial charge is 0.234 e. The molecule has 0 spiro atoms. The van der Waals surface area contributed by atoms with Gasteiger partial charge in [0.2, 0.25) is 5.91 Å². The van der Waals surface area contributed by atoms with Gasteiger partial charge in [-0.15, -0.1) is 11.8 Å². The Bertz CT molecular complexity index is 402. The van der Waals surface area contributed by atoms with E-state index in [2.05, 4.69) is 13.8 Å². The fourth-order valence-electron chi connectivity index (χ4n) is 2.02. The lowest BCUT2D eigenvalue weighted by molar-refractivity contribution is -0.129. The largest absolute Gasteiger partial charge is 0.497 e. The lowest BCUT2D eigenvalue weighted by Gasteiger charge is -2.28. The zero-order valence-electron chi connectivity index (χ0n) is 10.3. The molecule has 92 valence electrons. The average molecular weight is 251 g/mol. The number of benzene rings is 1. The molecule has 1 fully saturated rings. The second-order valence-electron chi connectivity index (χ2n) is 4.33. The molecule has 1 unspecified atom stereocenters. The van der Waals surface area contributed by atoms with Gasteiger partial charge in [-0.25, -0.2) is 0 Å². The molecule has 4 heteroatoms. The second kappa shape index (κ2) is 5.00. The van der Waals surface area contributed by atoms with Gasteiger partial charge in [0.25, 0.3) is 0 Å². The monoisotopic (exact) mass is 251 g/mol. The Morgan fingerprint density at radius 2 is 2.00 bits per heavy atom. The van der Waals surface area contributed by atoms with Gasteiger partial charge in [0.1, 0.15) is 11.1 Å². The number of hydrogen-bond donors (Lipinski definition) is 0. The minimum Gasteiger partial charge on any atom is -0.497 e. The van der Waals surface area contributed by atoms with Crippen LogP contribution in [0.3, 0.4) is 0 Å². The first-order valence-electron chi connectivity index (χ1n) is 5.70. The van der Waals surface area contributed by atoms with Crippen molar-refractivity contribution in [1.82, 2.24) is 4.90 Å². The van der Waals surface area contributed by atoms with E-state index in [1.807, 2.05) is 29.2 Å². The van der Waals surface area contributed by atoms with Crippen molar-refractivity contribution in [2.75, 3.05) is 12.9 Å². The van der Waals surface area contributed by atoms with Gasteiger partial charge in [-0.2, -0.15) is 0 Å². The SMILES string of the molecule is COc1ccc(C2SCC(=O)N2C(C)C)cc1. The molecule has 1 aromatic carbocycles. The molecule has 1 aromatic rings. The number of thioether (sulfide) groups is 1. The lowest BCUT2D eigenvalue weighted by Crippen LogP contribution is -2.34. The van der Waals surface area contributed by atoms with E-state index >= 15 is 0 Å². The molecule has 0 bridgehead atoms. The molecule has 0 aliphatic carbocycles. The maximum absolute atomic E-state index is 11.8. The third-order valence-electron chi connectivity index (χ3n) is 2.86. The topological polar surface area (TPSA) is 29.5 Å². The van der Waals surface area contributed by atoms with E-state index in [4.69, 9.17) is 4.74 Å². The number of ether oxygens (including phenoxy) is 1. The first-order valence-corrected chi connectivity index (χ1v) is 6.75. The van der Waals surface area contributed by atoms with Crippen LogP contribution in [0.4, 0.5) is 0 Å². The predicted octanol–water partition coefficient (Wildman–Crippen LogP) is 2.68. The molecule has 1 saturated heterocycles. The number of rotatable bonds is 3. The molecule has 0 radical (unpaired) electrons. The fourth-order valence-corrected chi connectivity index (χ4v) is 3.34. The minimum atomic E-state index is 0.147. The molecule has 0 aromatic heterocycles. The van der Waals surface area contributed by atoms with Crippen LogP contribution in [0, 0.1) is 0 Å². The summed E-state index contributed by atoms with van der Waals surface area (Å²) in [5.41, 5.74) is 1.16. The van der Waals surface area contributed by atoms with Crippen LogP contribution in [0.25, 0.3) is 0 Å². The van der Waals surface area contributed by atoms with Crippen molar-refractivity contribution < 1.29 is 9.53 Å². The van der Waals surface area contributed by atoms with E-state index in [0.29, 0.717) is 5.75 Å². The van der Waals surface area contributed by atoms with Gasteiger partial charge < -0.3 is 9.64 Å². The number of methoxy groups -OCH3 is 1. The molecular formula is C13H17NO2S. The van der Waals surface area contributed by atoms with Gasteiger partial charge in [-0.1, -0.05) is 12.1 Å². The molecule has 0 N–H and O–H groups in total. The van der Waals surface area contributed by atoms with E-state index < -0.39 is 0 Å². The van der Waals surface area contributed by atoms with E-state index in [0.717, 1.165) is 11.3 Å². The van der Waals surface area contributed by atoms with Crippen molar-refractivity contribution in [1.29, 1.82) is 0 Å². The summed E-state index contributed by atoms with van der Waals surface area (Å²) in [7, 11) is 1.66. The van der Waals surface area contributed by atoms with Gasteiger partial charge >= 0.3 is 0 Å². The molecule has 1 heterocycles. The van der Waals surface area contributed by atoms with Gasteiger partial charge in [-0.05, 0) is 31.5 Å². The normalized spacial score (nSPS) is 20.1. The van der Waals surface area contributed by atoms with Crippen LogP contribution in [0.15, 0.2) is 24.3 Å². The van der Waals surface area contributed by atoms with Crippen LogP contribution in [0.5, 0.6) is 5.75 Å². The Labute approximate surface area is 106 Å². The molecule has 2 rings (SSSR count). The van der Waals surface area contributed by atoms with Crippen LogP contribution >= 0.6 is 11.8 Å². The minimum absolute atomic E-state index is 0.147. The van der Waals surface area contributed by atoms with Crippen molar-refractivity contribution in [3.63, 3.8) is 0 Å². The first kappa shape index (κ1) is 12.3. The third-order valence-corrected chi connectivity index (χ3v) is 4.09. The Balaban J connectivity index is 2.23. The summed E-state index contributed by atoms with van der Waals surface area (Å²) in [5.74, 6) is 1.65. The second-order valence-corrected chi connectivity index (χ2v) is 5.40. The number of hydrogen-bond acceptors (Lipinski definition) is 3. The van der Waals surface area contributed by atoms with Crippen LogP contribution in [-0.2, 0) is 4.79 Å². The Kier molecular flexibility index (Phi) is 3.62. The van der Waals surface area contributed by atoms with Crippen molar-refractivity contribution in [3.8, 4) is 5.75 Å². The fraction of sp³-hybridized carbons (Fsp3) is 0.462. The highest BCUT2D eigenvalue weighted by Gasteiger charge is 2.34. The van der Waals surface area contributed by atoms with Crippen molar-refractivity contribution in [3.05, 3.63) is 29.8 Å². The van der Waals surface area contributed by atoms with E-state index in [1.54, 1.807) is 18.9 Å². The zero-order valence-corrected chi connectivity index (χ0v) is 11.2. The highest BCUT2D eigenvalue weighted by Crippen LogP contribution is 2.40. The summed E-state index contributed by atoms with van der Waals surface area (Å²) < 4.78 is 5.14. The quantitative estimate of drug-likeness (QED) is 0.827. The molecule has 0 saturated carbocycles. The predicted molar refractivity (Wildman–Crippen MR) is 70.2 cm³/mol. The summed E-state index contributed by atoms with van der Waals surface area (Å²) in [6.07, 6.45) is 0. The number of carbonyl (C=O) groups is 1. The van der Waals surface area contributed by atoms with Crippen LogP contribution in [-0.4, -0.2) is 29.7 Å². The summed E-state index contributed by atoms with van der Waals surface area (Å²) in [4.78, 5) is 13.8. The van der Waals surface area contributed by atoms with Crippen LogP contribution in [0.1, 0.15) is 24.8 Å². The van der Waals surface area contributed by atoms with E-state index in [-0.39, 0.29) is 17.3 Å². The molecule has 17 heavy (non-hydrogen) atoms. The van der Waals surface area contributed by atoms with E-state index in [1.165, 1.54) is 0 Å². The highest BCUT2D eigenvalue weighted by molar-refractivity contribution is 8.00. The average Bonchev–Trinajstić information content (AvgIpc) is 2.71. The molecular weight excluding hydrogens is 234 g/mol. The van der Waals surface area contributed by atoms with Crippen molar-refractivity contribution in [2.24, 2.45) is 0 Å². The van der Waals surface area contributed by atoms with Crippen LogP contribution < -0.4 is 4.74 Å². The van der Waals surface area contributed by atoms with Crippen molar-refractivity contribution >= 4 is 17.7 Å². The van der Waals surface area contributed by atoms with Gasteiger partial charge in [0.05, 0.1) is 12.9 Å². The standard InChI is InChI=1S/C13H17NO2S/c1-9(2)14-12(15)8-17-13(14)10-4-6-11(16-3)7-5-10/h4-7,9,13H,8H2,1-3H3. The Morgan fingerprint density at radius 3 is 2.53 bits per heavy atom. The Hall–Kier alpha value is -1.16. The molecule has 3 nitrogen and oxygen atoms in total. The summed E-state index contributed by atoms with van der Waals surface area (Å²) in [5, 5.41) is 0.147. The number of carbonyl (C=O) groups excluding carboxylic acids is 1. The number of nitrogens with zero attached hydrogens (tertiary/aromatic N) is 1. The summed E-state index contributed by atoms with van der Waals surface area (Å²) in [6, 6.07) is 8.19. The maximum Gasteiger partial charge on any atom is 0.234 e. The Morgan fingerprint density at radius 1 is 1.35 bits per heavy atom. The molecule has 1 aliphatic rings. The molecule has 1 atom stereocenters. The third kappa shape index (κ3) is 2.41. The maximum atomic E-state index is 11.8. The van der Waals surface area contributed by atoms with Gasteiger partial charge in [-0.3, -0.25) is 4.79 Å².